The van der Waals surface area contributed by atoms with Crippen molar-refractivity contribution < 1.29 is 19.1 Å². The fraction of sp³-hybridized carbons (Fsp3) is 0.467. The standard InChI is InChI=1S/C30H36N4O4/c1-2-38-30(37)34-26-18-17-24(32-29(36)22-11-7-4-8-12-22)19-25(26)33-27(34)20-13-15-23(16-14-20)31-28(35)21-9-5-3-6-10-21/h13-19,21-22H,2-12H2,1H3,(H,31,35)(H,32,36). The average Bonchev–Trinajstić information content (AvgIpc) is 3.33. The maximum atomic E-state index is 12.9. The molecule has 2 N–H and O–H groups in total. The SMILES string of the molecule is CCOC(=O)n1c(-c2ccc(NC(=O)C3CCCCC3)cc2)nc2cc(NC(=O)C3CCCCC3)ccc21. The van der Waals surface area contributed by atoms with Crippen LogP contribution in [0.3, 0.4) is 0 Å². The number of fused-ring (bicyclic) bond motifs is 1. The third kappa shape index (κ3) is 5.74. The van der Waals surface area contributed by atoms with E-state index < -0.39 is 6.09 Å². The van der Waals surface area contributed by atoms with Gasteiger partial charge in [0, 0.05) is 28.8 Å². The lowest BCUT2D eigenvalue weighted by molar-refractivity contribution is -0.121. The molecule has 8 nitrogen and oxygen atoms in total. The van der Waals surface area contributed by atoms with E-state index in [4.69, 9.17) is 9.72 Å². The number of benzene rings is 2. The molecule has 0 spiro atoms. The van der Waals surface area contributed by atoms with Crippen molar-refractivity contribution in [2.75, 3.05) is 17.2 Å². The number of ether oxygens (including phenoxy) is 1. The van der Waals surface area contributed by atoms with E-state index in [-0.39, 0.29) is 30.3 Å². The number of hydrogen-bond acceptors (Lipinski definition) is 5. The second-order valence-electron chi connectivity index (χ2n) is 10.4. The number of nitrogens with zero attached hydrogens (tertiary/aromatic N) is 2. The highest BCUT2D eigenvalue weighted by Crippen LogP contribution is 2.30. The Kier molecular flexibility index (Phi) is 8.05. The van der Waals surface area contributed by atoms with Crippen LogP contribution in [-0.2, 0) is 14.3 Å². The van der Waals surface area contributed by atoms with Crippen LogP contribution in [0, 0.1) is 11.8 Å². The molecule has 2 aliphatic carbocycles. The minimum atomic E-state index is -0.515. The van der Waals surface area contributed by atoms with E-state index in [1.807, 2.05) is 24.3 Å². The van der Waals surface area contributed by atoms with Gasteiger partial charge in [0.2, 0.25) is 11.8 Å². The monoisotopic (exact) mass is 516 g/mol. The first-order valence-electron chi connectivity index (χ1n) is 14.0. The van der Waals surface area contributed by atoms with Crippen molar-refractivity contribution in [1.29, 1.82) is 0 Å². The highest BCUT2D eigenvalue weighted by Gasteiger charge is 2.24. The third-order valence-corrected chi connectivity index (χ3v) is 7.73. The number of anilines is 2. The summed E-state index contributed by atoms with van der Waals surface area (Å²) in [6.07, 6.45) is 10.00. The van der Waals surface area contributed by atoms with E-state index in [1.54, 1.807) is 25.1 Å². The van der Waals surface area contributed by atoms with Gasteiger partial charge < -0.3 is 15.4 Å². The van der Waals surface area contributed by atoms with Crippen LogP contribution in [0.2, 0.25) is 0 Å². The molecule has 1 heterocycles. The minimum Gasteiger partial charge on any atom is -0.449 e. The summed E-state index contributed by atoms with van der Waals surface area (Å²) in [4.78, 5) is 43.1. The summed E-state index contributed by atoms with van der Waals surface area (Å²) < 4.78 is 6.79. The largest absolute Gasteiger partial charge is 0.449 e. The molecule has 2 fully saturated rings. The Bertz CT molecular complexity index is 1300. The topological polar surface area (TPSA) is 102 Å². The van der Waals surface area contributed by atoms with Crippen LogP contribution in [0.4, 0.5) is 16.2 Å². The van der Waals surface area contributed by atoms with Crippen molar-refractivity contribution in [3.63, 3.8) is 0 Å². The molecule has 2 amide bonds. The van der Waals surface area contributed by atoms with Crippen molar-refractivity contribution in [3.05, 3.63) is 42.5 Å². The van der Waals surface area contributed by atoms with Gasteiger partial charge in [0.05, 0.1) is 17.6 Å². The van der Waals surface area contributed by atoms with Gasteiger partial charge in [-0.1, -0.05) is 38.5 Å². The van der Waals surface area contributed by atoms with Crippen molar-refractivity contribution >= 4 is 40.3 Å². The minimum absolute atomic E-state index is 0.0416. The lowest BCUT2D eigenvalue weighted by Crippen LogP contribution is -2.24. The molecule has 5 rings (SSSR count). The van der Waals surface area contributed by atoms with E-state index in [2.05, 4.69) is 10.6 Å². The van der Waals surface area contributed by atoms with E-state index in [9.17, 15) is 14.4 Å². The van der Waals surface area contributed by atoms with Crippen molar-refractivity contribution in [3.8, 4) is 11.4 Å². The smallest absolute Gasteiger partial charge is 0.420 e. The molecule has 2 saturated carbocycles. The number of carbonyl (C=O) groups is 3. The second-order valence-corrected chi connectivity index (χ2v) is 10.4. The van der Waals surface area contributed by atoms with Crippen LogP contribution in [0.15, 0.2) is 42.5 Å². The summed E-state index contributed by atoms with van der Waals surface area (Å²) in [6.45, 7) is 2.00. The van der Waals surface area contributed by atoms with Crippen molar-refractivity contribution in [2.24, 2.45) is 11.8 Å². The number of amides is 2. The Morgan fingerprint density at radius 2 is 1.37 bits per heavy atom. The fourth-order valence-electron chi connectivity index (χ4n) is 5.65. The summed E-state index contributed by atoms with van der Waals surface area (Å²) in [5.41, 5.74) is 3.29. The number of hydrogen-bond donors (Lipinski definition) is 2. The lowest BCUT2D eigenvalue weighted by Gasteiger charge is -2.20. The van der Waals surface area contributed by atoms with E-state index in [0.29, 0.717) is 22.5 Å². The zero-order chi connectivity index (χ0) is 26.5. The molecule has 0 aliphatic heterocycles. The van der Waals surface area contributed by atoms with Gasteiger partial charge in [0.1, 0.15) is 0 Å². The molecule has 0 bridgehead atoms. The summed E-state index contributed by atoms with van der Waals surface area (Å²) in [5.74, 6) is 0.673. The Morgan fingerprint density at radius 1 is 0.816 bits per heavy atom. The van der Waals surface area contributed by atoms with E-state index >= 15 is 0 Å². The van der Waals surface area contributed by atoms with Crippen LogP contribution < -0.4 is 10.6 Å². The molecule has 0 radical (unpaired) electrons. The molecular formula is C30H36N4O4. The number of imidazole rings is 1. The van der Waals surface area contributed by atoms with Gasteiger partial charge in [0.15, 0.2) is 5.82 Å². The maximum absolute atomic E-state index is 12.9. The number of carbonyl (C=O) groups excluding carboxylic acids is 3. The van der Waals surface area contributed by atoms with Gasteiger partial charge in [0.25, 0.3) is 0 Å². The zero-order valence-electron chi connectivity index (χ0n) is 22.0. The molecule has 8 heteroatoms. The molecule has 0 saturated heterocycles. The van der Waals surface area contributed by atoms with Crippen LogP contribution in [-0.4, -0.2) is 34.1 Å². The summed E-state index contributed by atoms with van der Waals surface area (Å²) in [6, 6.07) is 12.8. The van der Waals surface area contributed by atoms with Gasteiger partial charge in [-0.05, 0) is 75.1 Å². The summed E-state index contributed by atoms with van der Waals surface area (Å²) in [7, 11) is 0. The Balaban J connectivity index is 1.39. The average molecular weight is 517 g/mol. The van der Waals surface area contributed by atoms with Crippen LogP contribution in [0.1, 0.15) is 71.1 Å². The highest BCUT2D eigenvalue weighted by molar-refractivity contribution is 5.97. The van der Waals surface area contributed by atoms with Gasteiger partial charge in [-0.3, -0.25) is 9.59 Å². The quantitative estimate of drug-likeness (QED) is 0.377. The van der Waals surface area contributed by atoms with Gasteiger partial charge in [-0.25, -0.2) is 14.3 Å². The predicted octanol–water partition coefficient (Wildman–Crippen LogP) is 6.75. The van der Waals surface area contributed by atoms with Gasteiger partial charge in [-0.2, -0.15) is 0 Å². The molecule has 200 valence electrons. The number of nitrogens with one attached hydrogen (secondary N) is 2. The summed E-state index contributed by atoms with van der Waals surface area (Å²) in [5, 5.41) is 6.06. The molecule has 0 unspecified atom stereocenters. The molecule has 0 atom stereocenters. The Labute approximate surface area is 223 Å². The first-order chi connectivity index (χ1) is 18.5. The highest BCUT2D eigenvalue weighted by atomic mass is 16.5. The van der Waals surface area contributed by atoms with E-state index in [0.717, 1.165) is 62.6 Å². The Morgan fingerprint density at radius 3 is 1.95 bits per heavy atom. The van der Waals surface area contributed by atoms with Crippen molar-refractivity contribution in [1.82, 2.24) is 9.55 Å². The van der Waals surface area contributed by atoms with Crippen LogP contribution in [0.5, 0.6) is 0 Å². The van der Waals surface area contributed by atoms with Gasteiger partial charge in [-0.15, -0.1) is 0 Å². The molecule has 38 heavy (non-hydrogen) atoms. The predicted molar refractivity (Wildman–Crippen MR) is 148 cm³/mol. The third-order valence-electron chi connectivity index (χ3n) is 7.73. The molecular weight excluding hydrogens is 480 g/mol. The molecule has 1 aromatic heterocycles. The number of rotatable bonds is 6. The molecule has 2 aliphatic rings. The first kappa shape index (κ1) is 25.9. The second kappa shape index (κ2) is 11.8. The Hall–Kier alpha value is -3.68. The lowest BCUT2D eigenvalue weighted by atomic mass is 9.88. The molecule has 2 aromatic carbocycles. The summed E-state index contributed by atoms with van der Waals surface area (Å²) >= 11 is 0. The number of aromatic nitrogens is 2. The van der Waals surface area contributed by atoms with Crippen LogP contribution in [0.25, 0.3) is 22.4 Å². The fourth-order valence-corrected chi connectivity index (χ4v) is 5.65. The van der Waals surface area contributed by atoms with Crippen molar-refractivity contribution in [2.45, 2.75) is 71.1 Å². The van der Waals surface area contributed by atoms with E-state index in [1.165, 1.54) is 17.4 Å². The van der Waals surface area contributed by atoms with Crippen LogP contribution >= 0.6 is 0 Å². The maximum Gasteiger partial charge on any atom is 0.420 e. The first-order valence-corrected chi connectivity index (χ1v) is 14.0. The normalized spacial score (nSPS) is 16.8. The van der Waals surface area contributed by atoms with Gasteiger partial charge >= 0.3 is 6.09 Å². The zero-order valence-corrected chi connectivity index (χ0v) is 22.0. The molecule has 3 aromatic rings.